The predicted molar refractivity (Wildman–Crippen MR) is 69.6 cm³/mol. The van der Waals surface area contributed by atoms with Crippen LogP contribution in [0, 0.1) is 0 Å². The van der Waals surface area contributed by atoms with Crippen LogP contribution in [0.3, 0.4) is 0 Å². The summed E-state index contributed by atoms with van der Waals surface area (Å²) in [5, 5.41) is 4.53. The van der Waals surface area contributed by atoms with Crippen LogP contribution in [0.5, 0.6) is 0 Å². The average Bonchev–Trinajstić information content (AvgIpc) is 2.93. The van der Waals surface area contributed by atoms with Gasteiger partial charge in [-0.2, -0.15) is 5.10 Å². The minimum Gasteiger partial charge on any atom is -0.222 e. The number of nitrogens with zero attached hydrogens (tertiary/aromatic N) is 4. The summed E-state index contributed by atoms with van der Waals surface area (Å²) in [7, 11) is 0. The van der Waals surface area contributed by atoms with E-state index in [4.69, 9.17) is 11.6 Å². The molecule has 0 aliphatic rings. The standard InChI is InChI=1S/C13H9ClN4/c14-11-9-12(18-8-4-7-15-18)17-13(16-11)10-5-2-1-3-6-10/h1-9H. The van der Waals surface area contributed by atoms with E-state index in [9.17, 15) is 0 Å². The molecule has 2 heterocycles. The zero-order valence-electron chi connectivity index (χ0n) is 9.36. The molecular weight excluding hydrogens is 248 g/mol. The molecule has 0 saturated carbocycles. The highest BCUT2D eigenvalue weighted by molar-refractivity contribution is 6.29. The maximum atomic E-state index is 6.02. The maximum Gasteiger partial charge on any atom is 0.163 e. The Morgan fingerprint density at radius 1 is 1.00 bits per heavy atom. The van der Waals surface area contributed by atoms with Gasteiger partial charge in [-0.3, -0.25) is 0 Å². The fraction of sp³-hybridized carbons (Fsp3) is 0. The van der Waals surface area contributed by atoms with Crippen LogP contribution < -0.4 is 0 Å². The van der Waals surface area contributed by atoms with Gasteiger partial charge >= 0.3 is 0 Å². The van der Waals surface area contributed by atoms with E-state index in [2.05, 4.69) is 15.1 Å². The Morgan fingerprint density at radius 2 is 1.83 bits per heavy atom. The molecule has 0 atom stereocenters. The molecule has 3 aromatic rings. The minimum atomic E-state index is 0.398. The third-order valence-corrected chi connectivity index (χ3v) is 2.65. The van der Waals surface area contributed by atoms with Gasteiger partial charge in [0.2, 0.25) is 0 Å². The second-order valence-corrected chi connectivity index (χ2v) is 4.08. The lowest BCUT2D eigenvalue weighted by molar-refractivity contribution is 0.842. The fourth-order valence-corrected chi connectivity index (χ4v) is 1.82. The highest BCUT2D eigenvalue weighted by Crippen LogP contribution is 2.19. The van der Waals surface area contributed by atoms with Crippen molar-refractivity contribution in [1.82, 2.24) is 19.7 Å². The lowest BCUT2D eigenvalue weighted by Gasteiger charge is -2.05. The molecule has 18 heavy (non-hydrogen) atoms. The van der Waals surface area contributed by atoms with Gasteiger partial charge < -0.3 is 0 Å². The number of benzene rings is 1. The van der Waals surface area contributed by atoms with Gasteiger partial charge in [0.05, 0.1) is 0 Å². The van der Waals surface area contributed by atoms with Gasteiger partial charge in [-0.05, 0) is 6.07 Å². The summed E-state index contributed by atoms with van der Waals surface area (Å²) in [5.41, 5.74) is 0.924. The smallest absolute Gasteiger partial charge is 0.163 e. The highest BCUT2D eigenvalue weighted by atomic mass is 35.5. The van der Waals surface area contributed by atoms with E-state index in [1.54, 1.807) is 16.9 Å². The van der Waals surface area contributed by atoms with E-state index in [0.29, 0.717) is 16.8 Å². The van der Waals surface area contributed by atoms with Crippen LogP contribution in [-0.2, 0) is 0 Å². The first-order valence-electron chi connectivity index (χ1n) is 5.43. The van der Waals surface area contributed by atoms with Crippen LogP contribution in [-0.4, -0.2) is 19.7 Å². The van der Waals surface area contributed by atoms with E-state index in [0.717, 1.165) is 5.56 Å². The molecule has 4 nitrogen and oxygen atoms in total. The minimum absolute atomic E-state index is 0.398. The third-order valence-electron chi connectivity index (χ3n) is 2.45. The molecule has 0 N–H and O–H groups in total. The molecule has 1 aromatic carbocycles. The summed E-state index contributed by atoms with van der Waals surface area (Å²) >= 11 is 6.02. The van der Waals surface area contributed by atoms with Gasteiger partial charge in [0.25, 0.3) is 0 Å². The molecule has 0 fully saturated rings. The first-order chi connectivity index (χ1) is 8.83. The van der Waals surface area contributed by atoms with E-state index >= 15 is 0 Å². The Kier molecular flexibility index (Phi) is 2.78. The van der Waals surface area contributed by atoms with Gasteiger partial charge in [0.15, 0.2) is 11.6 Å². The van der Waals surface area contributed by atoms with Gasteiger partial charge in [0, 0.05) is 24.0 Å². The molecule has 88 valence electrons. The molecule has 5 heteroatoms. The molecular formula is C13H9ClN4. The predicted octanol–water partition coefficient (Wildman–Crippen LogP) is 2.98. The SMILES string of the molecule is Clc1cc(-n2cccn2)nc(-c2ccccc2)n1. The van der Waals surface area contributed by atoms with E-state index in [1.807, 2.05) is 42.6 Å². The zero-order chi connectivity index (χ0) is 12.4. The van der Waals surface area contributed by atoms with Gasteiger partial charge in [-0.25, -0.2) is 14.6 Å². The lowest BCUT2D eigenvalue weighted by Crippen LogP contribution is -2.01. The molecule has 0 aliphatic heterocycles. The van der Waals surface area contributed by atoms with Crippen molar-refractivity contribution in [3.8, 4) is 17.2 Å². The molecule has 0 saturated heterocycles. The van der Waals surface area contributed by atoms with Crippen LogP contribution >= 0.6 is 11.6 Å². The summed E-state index contributed by atoms with van der Waals surface area (Å²) < 4.78 is 1.65. The topological polar surface area (TPSA) is 43.6 Å². The summed E-state index contributed by atoms with van der Waals surface area (Å²) in [6.07, 6.45) is 3.51. The first kappa shape index (κ1) is 10.9. The van der Waals surface area contributed by atoms with Gasteiger partial charge in [0.1, 0.15) is 5.15 Å². The molecule has 2 aromatic heterocycles. The molecule has 0 amide bonds. The van der Waals surface area contributed by atoms with Crippen LogP contribution in [0.25, 0.3) is 17.2 Å². The quantitative estimate of drug-likeness (QED) is 0.662. The zero-order valence-corrected chi connectivity index (χ0v) is 10.1. The van der Waals surface area contributed by atoms with E-state index in [1.165, 1.54) is 0 Å². The number of rotatable bonds is 2. The lowest BCUT2D eigenvalue weighted by atomic mass is 10.2. The van der Waals surface area contributed by atoms with Crippen LogP contribution in [0.4, 0.5) is 0 Å². The van der Waals surface area contributed by atoms with Crippen molar-refractivity contribution in [2.24, 2.45) is 0 Å². The Morgan fingerprint density at radius 3 is 2.56 bits per heavy atom. The van der Waals surface area contributed by atoms with Crippen LogP contribution in [0.1, 0.15) is 0 Å². The number of hydrogen-bond donors (Lipinski definition) is 0. The van der Waals surface area contributed by atoms with Crippen molar-refractivity contribution in [3.63, 3.8) is 0 Å². The molecule has 0 spiro atoms. The van der Waals surface area contributed by atoms with Crippen molar-refractivity contribution in [2.45, 2.75) is 0 Å². The summed E-state index contributed by atoms with van der Waals surface area (Å²) in [6.45, 7) is 0. The van der Waals surface area contributed by atoms with Crippen LogP contribution in [0.2, 0.25) is 5.15 Å². The second kappa shape index (κ2) is 4.58. The van der Waals surface area contributed by atoms with Gasteiger partial charge in [-0.15, -0.1) is 0 Å². The Hall–Kier alpha value is -2.20. The second-order valence-electron chi connectivity index (χ2n) is 3.69. The Labute approximate surface area is 109 Å². The highest BCUT2D eigenvalue weighted by Gasteiger charge is 2.06. The number of hydrogen-bond acceptors (Lipinski definition) is 3. The summed E-state index contributed by atoms with van der Waals surface area (Å²) in [5.74, 6) is 1.24. The maximum absolute atomic E-state index is 6.02. The average molecular weight is 257 g/mol. The molecule has 0 radical (unpaired) electrons. The molecule has 0 bridgehead atoms. The number of halogens is 1. The number of aromatic nitrogens is 4. The first-order valence-corrected chi connectivity index (χ1v) is 5.81. The summed E-state index contributed by atoms with van der Waals surface area (Å²) in [6, 6.07) is 13.2. The van der Waals surface area contributed by atoms with Crippen molar-refractivity contribution >= 4 is 11.6 Å². The summed E-state index contributed by atoms with van der Waals surface area (Å²) in [4.78, 5) is 8.68. The molecule has 0 unspecified atom stereocenters. The van der Waals surface area contributed by atoms with Crippen molar-refractivity contribution in [3.05, 3.63) is 60.0 Å². The Balaban J connectivity index is 2.12. The van der Waals surface area contributed by atoms with E-state index in [-0.39, 0.29) is 0 Å². The van der Waals surface area contributed by atoms with Crippen molar-refractivity contribution in [1.29, 1.82) is 0 Å². The van der Waals surface area contributed by atoms with Crippen LogP contribution in [0.15, 0.2) is 54.9 Å². The molecule has 0 aliphatic carbocycles. The normalized spacial score (nSPS) is 10.5. The van der Waals surface area contributed by atoms with Crippen molar-refractivity contribution in [2.75, 3.05) is 0 Å². The monoisotopic (exact) mass is 256 g/mol. The molecule has 3 rings (SSSR count). The fourth-order valence-electron chi connectivity index (χ4n) is 1.64. The van der Waals surface area contributed by atoms with E-state index < -0.39 is 0 Å². The third kappa shape index (κ3) is 2.10. The largest absolute Gasteiger partial charge is 0.222 e. The van der Waals surface area contributed by atoms with Gasteiger partial charge in [-0.1, -0.05) is 41.9 Å². The Bertz CT molecular complexity index is 650. The van der Waals surface area contributed by atoms with Crippen molar-refractivity contribution < 1.29 is 0 Å².